The average Bonchev–Trinajstić information content (AvgIpc) is 2.85. The van der Waals surface area contributed by atoms with Crippen molar-refractivity contribution >= 4 is 11.7 Å². The molecule has 2 aromatic rings. The first-order valence-corrected chi connectivity index (χ1v) is 7.94. The smallest absolute Gasteiger partial charge is 0.269 e. The molecule has 0 aliphatic carbocycles. The predicted molar refractivity (Wildman–Crippen MR) is 91.5 cm³/mol. The van der Waals surface area contributed by atoms with E-state index in [2.05, 4.69) is 34.6 Å². The highest BCUT2D eigenvalue weighted by molar-refractivity contribution is 5.92. The van der Waals surface area contributed by atoms with Gasteiger partial charge in [0, 0.05) is 26.3 Å². The Morgan fingerprint density at radius 2 is 2.13 bits per heavy atom. The monoisotopic (exact) mass is 315 g/mol. The van der Waals surface area contributed by atoms with Crippen LogP contribution in [0.2, 0.25) is 0 Å². The molecule has 0 saturated carbocycles. The van der Waals surface area contributed by atoms with Gasteiger partial charge in [-0.2, -0.15) is 5.10 Å². The number of amides is 1. The number of hydrogen-bond donors (Lipinski definition) is 2. The van der Waals surface area contributed by atoms with Crippen molar-refractivity contribution in [1.82, 2.24) is 20.1 Å². The molecule has 23 heavy (non-hydrogen) atoms. The van der Waals surface area contributed by atoms with Crippen LogP contribution in [-0.2, 0) is 13.5 Å². The number of nitrogens with one attached hydrogen (secondary N) is 2. The lowest BCUT2D eigenvalue weighted by molar-refractivity contribution is 0.0946. The van der Waals surface area contributed by atoms with Gasteiger partial charge < -0.3 is 10.6 Å². The molecule has 0 unspecified atom stereocenters. The Hall–Kier alpha value is -2.37. The second-order valence-corrected chi connectivity index (χ2v) is 6.09. The third-order valence-electron chi connectivity index (χ3n) is 3.49. The van der Waals surface area contributed by atoms with Crippen LogP contribution in [0.25, 0.3) is 0 Å². The van der Waals surface area contributed by atoms with Gasteiger partial charge in [0.05, 0.1) is 5.69 Å². The summed E-state index contributed by atoms with van der Waals surface area (Å²) in [6.45, 7) is 7.43. The largest absolute Gasteiger partial charge is 0.368 e. The molecular formula is C17H25N5O. The van der Waals surface area contributed by atoms with Gasteiger partial charge in [0.15, 0.2) is 0 Å². The maximum Gasteiger partial charge on any atom is 0.269 e. The Labute approximate surface area is 137 Å². The lowest BCUT2D eigenvalue weighted by atomic mass is 10.1. The van der Waals surface area contributed by atoms with Crippen LogP contribution in [0.1, 0.15) is 35.6 Å². The molecule has 0 aromatic carbocycles. The van der Waals surface area contributed by atoms with E-state index in [1.54, 1.807) is 17.9 Å². The van der Waals surface area contributed by atoms with E-state index < -0.39 is 0 Å². The first-order valence-electron chi connectivity index (χ1n) is 7.94. The van der Waals surface area contributed by atoms with Crippen molar-refractivity contribution in [2.45, 2.75) is 27.2 Å². The minimum Gasteiger partial charge on any atom is -0.368 e. The minimum absolute atomic E-state index is 0.102. The molecule has 0 atom stereocenters. The third-order valence-corrected chi connectivity index (χ3v) is 3.49. The quantitative estimate of drug-likeness (QED) is 0.768. The van der Waals surface area contributed by atoms with Gasteiger partial charge in [-0.25, -0.2) is 4.98 Å². The molecule has 2 N–H and O–H groups in total. The number of anilines is 1. The molecule has 1 amide bonds. The van der Waals surface area contributed by atoms with E-state index in [4.69, 9.17) is 0 Å². The summed E-state index contributed by atoms with van der Waals surface area (Å²) in [6.07, 6.45) is 2.63. The molecular weight excluding hydrogens is 290 g/mol. The van der Waals surface area contributed by atoms with Crippen molar-refractivity contribution in [2.24, 2.45) is 13.0 Å². The maximum atomic E-state index is 12.2. The third kappa shape index (κ3) is 4.81. The van der Waals surface area contributed by atoms with Gasteiger partial charge in [0.25, 0.3) is 5.91 Å². The number of aromatic nitrogens is 3. The number of carbonyl (C=O) groups excluding carboxylic acids is 1. The van der Waals surface area contributed by atoms with E-state index in [0.29, 0.717) is 24.7 Å². The first kappa shape index (κ1) is 17.0. The molecule has 0 bridgehead atoms. The highest BCUT2D eigenvalue weighted by Crippen LogP contribution is 2.09. The molecule has 0 fully saturated rings. The highest BCUT2D eigenvalue weighted by atomic mass is 16.2. The number of pyridine rings is 1. The standard InChI is InChI=1S/C17H25N5O/c1-12(2)10-14-11-15(22(4)21-14)17(23)20-9-8-19-16-13(3)6-5-7-18-16/h5-7,11-12H,8-10H2,1-4H3,(H,18,19)(H,20,23). The van der Waals surface area contributed by atoms with Crippen molar-refractivity contribution in [2.75, 3.05) is 18.4 Å². The lowest BCUT2D eigenvalue weighted by Gasteiger charge is -2.09. The summed E-state index contributed by atoms with van der Waals surface area (Å²) in [5.41, 5.74) is 2.63. The van der Waals surface area contributed by atoms with Crippen LogP contribution in [0.3, 0.4) is 0 Å². The van der Waals surface area contributed by atoms with Gasteiger partial charge in [0.2, 0.25) is 0 Å². The van der Waals surface area contributed by atoms with E-state index in [9.17, 15) is 4.79 Å². The van der Waals surface area contributed by atoms with Crippen LogP contribution >= 0.6 is 0 Å². The lowest BCUT2D eigenvalue weighted by Crippen LogP contribution is -2.30. The molecule has 6 heteroatoms. The molecule has 124 valence electrons. The van der Waals surface area contributed by atoms with Crippen molar-refractivity contribution in [3.8, 4) is 0 Å². The topological polar surface area (TPSA) is 71.8 Å². The summed E-state index contributed by atoms with van der Waals surface area (Å²) in [7, 11) is 1.80. The van der Waals surface area contributed by atoms with Crippen LogP contribution in [0.4, 0.5) is 5.82 Å². The second kappa shape index (κ2) is 7.76. The van der Waals surface area contributed by atoms with Gasteiger partial charge in [-0.3, -0.25) is 9.48 Å². The van der Waals surface area contributed by atoms with Crippen molar-refractivity contribution in [3.63, 3.8) is 0 Å². The summed E-state index contributed by atoms with van der Waals surface area (Å²) in [4.78, 5) is 16.5. The molecule has 2 rings (SSSR count). The number of hydrogen-bond acceptors (Lipinski definition) is 4. The Bertz CT molecular complexity index is 663. The number of aryl methyl sites for hydroxylation is 2. The average molecular weight is 315 g/mol. The summed E-state index contributed by atoms with van der Waals surface area (Å²) in [6, 6.07) is 5.77. The van der Waals surface area contributed by atoms with Crippen LogP contribution < -0.4 is 10.6 Å². The molecule has 2 heterocycles. The molecule has 0 spiro atoms. The van der Waals surface area contributed by atoms with Crippen LogP contribution in [0.15, 0.2) is 24.4 Å². The first-order chi connectivity index (χ1) is 11.0. The fourth-order valence-electron chi connectivity index (χ4n) is 2.38. The van der Waals surface area contributed by atoms with Gasteiger partial charge in [0.1, 0.15) is 11.5 Å². The molecule has 6 nitrogen and oxygen atoms in total. The summed E-state index contributed by atoms with van der Waals surface area (Å²) < 4.78 is 1.64. The Morgan fingerprint density at radius 1 is 1.35 bits per heavy atom. The van der Waals surface area contributed by atoms with E-state index >= 15 is 0 Å². The fourth-order valence-corrected chi connectivity index (χ4v) is 2.38. The predicted octanol–water partition coefficient (Wildman–Crippen LogP) is 2.16. The van der Waals surface area contributed by atoms with Gasteiger partial charge >= 0.3 is 0 Å². The van der Waals surface area contributed by atoms with Crippen LogP contribution in [0.5, 0.6) is 0 Å². The minimum atomic E-state index is -0.102. The van der Waals surface area contributed by atoms with Crippen molar-refractivity contribution in [1.29, 1.82) is 0 Å². The Kier molecular flexibility index (Phi) is 5.73. The normalized spacial score (nSPS) is 10.8. The van der Waals surface area contributed by atoms with Crippen molar-refractivity contribution < 1.29 is 4.79 Å². The molecule has 2 aromatic heterocycles. The van der Waals surface area contributed by atoms with E-state index in [0.717, 1.165) is 23.5 Å². The number of nitrogens with zero attached hydrogens (tertiary/aromatic N) is 3. The van der Waals surface area contributed by atoms with Crippen LogP contribution in [-0.4, -0.2) is 33.8 Å². The van der Waals surface area contributed by atoms with Crippen LogP contribution in [0, 0.1) is 12.8 Å². The summed E-state index contributed by atoms with van der Waals surface area (Å²) in [5.74, 6) is 1.27. The molecule has 0 radical (unpaired) electrons. The zero-order valence-corrected chi connectivity index (χ0v) is 14.3. The zero-order valence-electron chi connectivity index (χ0n) is 14.3. The second-order valence-electron chi connectivity index (χ2n) is 6.09. The van der Waals surface area contributed by atoms with Gasteiger partial charge in [-0.15, -0.1) is 0 Å². The molecule has 0 aliphatic rings. The summed E-state index contributed by atoms with van der Waals surface area (Å²) in [5, 5.41) is 10.5. The van der Waals surface area contributed by atoms with Gasteiger partial charge in [-0.1, -0.05) is 19.9 Å². The van der Waals surface area contributed by atoms with E-state index in [1.807, 2.05) is 25.1 Å². The zero-order chi connectivity index (χ0) is 16.8. The SMILES string of the molecule is Cc1cccnc1NCCNC(=O)c1cc(CC(C)C)nn1C. The summed E-state index contributed by atoms with van der Waals surface area (Å²) >= 11 is 0. The van der Waals surface area contributed by atoms with E-state index in [-0.39, 0.29) is 5.91 Å². The van der Waals surface area contributed by atoms with Gasteiger partial charge in [-0.05, 0) is 37.0 Å². The van der Waals surface area contributed by atoms with E-state index in [1.165, 1.54) is 0 Å². The number of rotatable bonds is 7. The Morgan fingerprint density at radius 3 is 2.83 bits per heavy atom. The molecule has 0 saturated heterocycles. The number of carbonyl (C=O) groups is 1. The Balaban J connectivity index is 1.83. The fraction of sp³-hybridized carbons (Fsp3) is 0.471. The van der Waals surface area contributed by atoms with Crippen molar-refractivity contribution in [3.05, 3.63) is 41.3 Å². The molecule has 0 aliphatic heterocycles. The maximum absolute atomic E-state index is 12.2. The highest BCUT2D eigenvalue weighted by Gasteiger charge is 2.13.